The summed E-state index contributed by atoms with van der Waals surface area (Å²) in [4.78, 5) is 27.8. The van der Waals surface area contributed by atoms with Crippen LogP contribution in [0.15, 0.2) is 38.0 Å². The molecule has 0 radical (unpaired) electrons. The van der Waals surface area contributed by atoms with Crippen molar-refractivity contribution in [2.24, 2.45) is 10.2 Å². The van der Waals surface area contributed by atoms with E-state index in [2.05, 4.69) is 20.3 Å². The number of ether oxygens (including phenoxy) is 2. The topological polar surface area (TPSA) is 113 Å². The van der Waals surface area contributed by atoms with Crippen LogP contribution >= 0.6 is 0 Å². The molecule has 2 aliphatic rings. The summed E-state index contributed by atoms with van der Waals surface area (Å²) in [5.41, 5.74) is 1.84. The highest BCUT2D eigenvalue weighted by Crippen LogP contribution is 2.35. The first kappa shape index (κ1) is 14.0. The van der Waals surface area contributed by atoms with Crippen molar-refractivity contribution in [1.82, 2.24) is 14.6 Å². The molecule has 126 valence electrons. The van der Waals surface area contributed by atoms with E-state index in [9.17, 15) is 9.59 Å². The predicted molar refractivity (Wildman–Crippen MR) is 87.4 cm³/mol. The number of benzene rings is 1. The minimum Gasteiger partial charge on any atom is -0.454 e. The number of hydrogen-bond donors (Lipinski definition) is 2. The summed E-state index contributed by atoms with van der Waals surface area (Å²) in [5.74, 6) is 1.23. The molecule has 0 fully saturated rings. The Morgan fingerprint density at radius 1 is 1.08 bits per heavy atom. The second kappa shape index (κ2) is 5.07. The lowest BCUT2D eigenvalue weighted by Gasteiger charge is -2.01. The maximum absolute atomic E-state index is 12.5. The summed E-state index contributed by atoms with van der Waals surface area (Å²) >= 11 is 0. The van der Waals surface area contributed by atoms with Crippen molar-refractivity contribution in [3.63, 3.8) is 0 Å². The fourth-order valence-corrected chi connectivity index (χ4v) is 3.23. The smallest absolute Gasteiger partial charge is 0.294 e. The number of rotatable bonds is 2. The Hall–Kier alpha value is -3.36. The van der Waals surface area contributed by atoms with Gasteiger partial charge in [-0.3, -0.25) is 14.7 Å². The van der Waals surface area contributed by atoms with Crippen LogP contribution in [0, 0.1) is 0 Å². The van der Waals surface area contributed by atoms with Gasteiger partial charge in [-0.2, -0.15) is 9.63 Å². The lowest BCUT2D eigenvalue weighted by Crippen LogP contribution is -2.21. The van der Waals surface area contributed by atoms with Crippen LogP contribution in [0.5, 0.6) is 11.5 Å². The number of fused-ring (bicyclic) bond motifs is 3. The Bertz CT molecular complexity index is 1150. The van der Waals surface area contributed by atoms with Gasteiger partial charge in [0.2, 0.25) is 6.79 Å². The van der Waals surface area contributed by atoms with Crippen molar-refractivity contribution in [1.29, 1.82) is 0 Å². The average molecular weight is 339 g/mol. The second-order valence-electron chi connectivity index (χ2n) is 5.95. The number of aromatic amines is 2. The van der Waals surface area contributed by atoms with Crippen LogP contribution in [0.1, 0.15) is 17.7 Å². The lowest BCUT2D eigenvalue weighted by molar-refractivity contribution is 0.174. The average Bonchev–Trinajstić information content (AvgIpc) is 3.31. The number of azo groups is 1. The molecule has 9 nitrogen and oxygen atoms in total. The van der Waals surface area contributed by atoms with Gasteiger partial charge < -0.3 is 14.5 Å². The molecule has 1 aromatic carbocycles. The summed E-state index contributed by atoms with van der Waals surface area (Å²) in [6, 6.07) is 5.12. The second-order valence-corrected chi connectivity index (χ2v) is 5.95. The molecule has 0 saturated heterocycles. The van der Waals surface area contributed by atoms with Crippen molar-refractivity contribution in [3.8, 4) is 11.5 Å². The molecule has 25 heavy (non-hydrogen) atoms. The van der Waals surface area contributed by atoms with Gasteiger partial charge in [0.1, 0.15) is 0 Å². The monoisotopic (exact) mass is 339 g/mol. The van der Waals surface area contributed by atoms with Crippen molar-refractivity contribution in [2.75, 3.05) is 6.79 Å². The standard InChI is InChI=1S/C16H13N5O4/c22-15-13(19-18-8-4-5-11-12(6-8)25-7-24-11)14-17-10-3-1-2-9(10)16(23)21(14)20-15/h4-6,17H,1-3,7H2,(H,20,22). The molecule has 0 atom stereocenters. The Morgan fingerprint density at radius 3 is 2.88 bits per heavy atom. The zero-order chi connectivity index (χ0) is 17.0. The van der Waals surface area contributed by atoms with E-state index < -0.39 is 5.56 Å². The molecule has 1 aliphatic carbocycles. The summed E-state index contributed by atoms with van der Waals surface area (Å²) in [7, 11) is 0. The molecular weight excluding hydrogens is 326 g/mol. The van der Waals surface area contributed by atoms with Gasteiger partial charge >= 0.3 is 0 Å². The number of nitrogens with one attached hydrogen (secondary N) is 2. The van der Waals surface area contributed by atoms with Crippen LogP contribution in [0.25, 0.3) is 5.65 Å². The first-order valence-corrected chi connectivity index (χ1v) is 7.91. The van der Waals surface area contributed by atoms with E-state index in [0.717, 1.165) is 30.5 Å². The van der Waals surface area contributed by atoms with Crippen LogP contribution in [0.2, 0.25) is 0 Å². The Kier molecular flexibility index (Phi) is 2.84. The van der Waals surface area contributed by atoms with Crippen LogP contribution in [0.4, 0.5) is 11.4 Å². The number of aryl methyl sites for hydroxylation is 1. The van der Waals surface area contributed by atoms with E-state index in [4.69, 9.17) is 9.47 Å². The minimum absolute atomic E-state index is 0.0736. The van der Waals surface area contributed by atoms with Crippen molar-refractivity contribution >= 4 is 17.0 Å². The van der Waals surface area contributed by atoms with Crippen LogP contribution in [-0.4, -0.2) is 21.4 Å². The highest BCUT2D eigenvalue weighted by molar-refractivity contribution is 5.63. The summed E-state index contributed by atoms with van der Waals surface area (Å²) in [6.07, 6.45) is 2.43. The third-order valence-corrected chi connectivity index (χ3v) is 4.45. The molecule has 2 N–H and O–H groups in total. The molecule has 5 rings (SSSR count). The minimum atomic E-state index is -0.471. The SMILES string of the molecule is O=c1[nH]n2c(=O)c3c([nH]c2c1N=Nc1ccc2c(c1)OCO2)CCC3. The molecular formula is C16H13N5O4. The van der Waals surface area contributed by atoms with Gasteiger partial charge in [0.25, 0.3) is 11.1 Å². The van der Waals surface area contributed by atoms with Gasteiger partial charge in [-0.1, -0.05) is 0 Å². The fourth-order valence-electron chi connectivity index (χ4n) is 3.23. The molecule has 0 saturated carbocycles. The summed E-state index contributed by atoms with van der Waals surface area (Å²) in [6.45, 7) is 0.173. The molecule has 3 aromatic rings. The van der Waals surface area contributed by atoms with E-state index in [-0.39, 0.29) is 18.0 Å². The maximum atomic E-state index is 12.5. The fraction of sp³-hybridized carbons (Fsp3) is 0.250. The Labute approximate surface area is 139 Å². The Balaban J connectivity index is 1.61. The normalized spacial score (nSPS) is 15.4. The third-order valence-electron chi connectivity index (χ3n) is 4.45. The third kappa shape index (κ3) is 2.09. The van der Waals surface area contributed by atoms with E-state index >= 15 is 0 Å². The maximum Gasteiger partial charge on any atom is 0.294 e. The zero-order valence-electron chi connectivity index (χ0n) is 13.0. The van der Waals surface area contributed by atoms with E-state index in [1.54, 1.807) is 18.2 Å². The number of nitrogens with zero attached hydrogens (tertiary/aromatic N) is 3. The molecule has 9 heteroatoms. The highest BCUT2D eigenvalue weighted by atomic mass is 16.7. The van der Waals surface area contributed by atoms with E-state index in [0.29, 0.717) is 22.8 Å². The van der Waals surface area contributed by atoms with Crippen LogP contribution in [0.3, 0.4) is 0 Å². The zero-order valence-corrected chi connectivity index (χ0v) is 13.0. The molecule has 0 spiro atoms. The highest BCUT2D eigenvalue weighted by Gasteiger charge is 2.21. The summed E-state index contributed by atoms with van der Waals surface area (Å²) in [5, 5.41) is 10.7. The molecule has 2 aromatic heterocycles. The number of aromatic nitrogens is 3. The van der Waals surface area contributed by atoms with Gasteiger partial charge in [0, 0.05) is 17.3 Å². The molecule has 3 heterocycles. The van der Waals surface area contributed by atoms with E-state index in [1.807, 2.05) is 0 Å². The first-order chi connectivity index (χ1) is 12.2. The lowest BCUT2D eigenvalue weighted by atomic mass is 10.2. The van der Waals surface area contributed by atoms with Crippen molar-refractivity contribution < 1.29 is 9.47 Å². The van der Waals surface area contributed by atoms with Crippen molar-refractivity contribution in [3.05, 3.63) is 50.2 Å². The Morgan fingerprint density at radius 2 is 1.96 bits per heavy atom. The molecule has 1 aliphatic heterocycles. The van der Waals surface area contributed by atoms with Crippen molar-refractivity contribution in [2.45, 2.75) is 19.3 Å². The van der Waals surface area contributed by atoms with Crippen LogP contribution in [-0.2, 0) is 12.8 Å². The predicted octanol–water partition coefficient (Wildman–Crippen LogP) is 1.95. The van der Waals surface area contributed by atoms with Gasteiger partial charge in [0.05, 0.1) is 5.69 Å². The number of H-pyrrole nitrogens is 2. The van der Waals surface area contributed by atoms with Gasteiger partial charge in [-0.25, -0.2) is 0 Å². The van der Waals surface area contributed by atoms with Gasteiger partial charge in [-0.05, 0) is 31.4 Å². The molecule has 0 amide bonds. The molecule has 0 bridgehead atoms. The summed E-state index contributed by atoms with van der Waals surface area (Å²) < 4.78 is 11.7. The largest absolute Gasteiger partial charge is 0.454 e. The van der Waals surface area contributed by atoms with E-state index in [1.165, 1.54) is 4.52 Å². The number of hydrogen-bond acceptors (Lipinski definition) is 6. The quantitative estimate of drug-likeness (QED) is 0.695. The van der Waals surface area contributed by atoms with Gasteiger partial charge in [0.15, 0.2) is 22.8 Å². The molecule has 0 unspecified atom stereocenters. The van der Waals surface area contributed by atoms with Crippen LogP contribution < -0.4 is 20.6 Å². The first-order valence-electron chi connectivity index (χ1n) is 7.91. The van der Waals surface area contributed by atoms with Gasteiger partial charge in [-0.15, -0.1) is 5.11 Å².